The summed E-state index contributed by atoms with van der Waals surface area (Å²) in [6, 6.07) is 6.42. The van der Waals surface area contributed by atoms with E-state index in [0.717, 1.165) is 51.6 Å². The SMILES string of the molecule is CCN(CC)C(=O)C12CC3CC(C1)C(NC(=O)C1(CNS(=O)(=O)c4ccccc4Cl)CCC1)C(C3)C2. The third-order valence-corrected chi connectivity index (χ3v) is 11.5. The normalized spacial score (nSPS) is 32.1. The van der Waals surface area contributed by atoms with Crippen molar-refractivity contribution in [1.29, 1.82) is 0 Å². The van der Waals surface area contributed by atoms with Crippen LogP contribution >= 0.6 is 11.6 Å². The second kappa shape index (κ2) is 9.59. The van der Waals surface area contributed by atoms with Gasteiger partial charge in [0.25, 0.3) is 0 Å². The van der Waals surface area contributed by atoms with Gasteiger partial charge < -0.3 is 10.2 Å². The fourth-order valence-electron chi connectivity index (χ4n) is 7.73. The minimum absolute atomic E-state index is 0.0331. The van der Waals surface area contributed by atoms with Crippen molar-refractivity contribution in [3.8, 4) is 0 Å². The zero-order valence-corrected chi connectivity index (χ0v) is 22.8. The third-order valence-electron chi connectivity index (χ3n) is 9.59. The highest BCUT2D eigenvalue weighted by atomic mass is 35.5. The summed E-state index contributed by atoms with van der Waals surface area (Å²) >= 11 is 6.11. The van der Waals surface area contributed by atoms with Crippen molar-refractivity contribution < 1.29 is 18.0 Å². The monoisotopic (exact) mass is 535 g/mol. The van der Waals surface area contributed by atoms with Gasteiger partial charge in [-0.2, -0.15) is 0 Å². The fourth-order valence-corrected chi connectivity index (χ4v) is 9.38. The van der Waals surface area contributed by atoms with E-state index in [1.54, 1.807) is 18.2 Å². The van der Waals surface area contributed by atoms with Crippen LogP contribution in [0.1, 0.15) is 65.2 Å². The first-order chi connectivity index (χ1) is 17.1. The van der Waals surface area contributed by atoms with E-state index in [0.29, 0.717) is 36.5 Å². The van der Waals surface area contributed by atoms with E-state index < -0.39 is 15.4 Å². The lowest BCUT2D eigenvalue weighted by atomic mass is 9.47. The van der Waals surface area contributed by atoms with Crippen molar-refractivity contribution in [2.75, 3.05) is 19.6 Å². The first-order valence-corrected chi connectivity index (χ1v) is 15.3. The molecule has 0 aromatic heterocycles. The largest absolute Gasteiger partial charge is 0.352 e. The molecule has 2 amide bonds. The Labute approximate surface area is 219 Å². The number of nitrogens with one attached hydrogen (secondary N) is 2. The molecule has 5 aliphatic carbocycles. The van der Waals surface area contributed by atoms with E-state index in [-0.39, 0.29) is 33.8 Å². The first kappa shape index (κ1) is 26.0. The molecule has 2 unspecified atom stereocenters. The van der Waals surface area contributed by atoms with Crippen molar-refractivity contribution in [2.24, 2.45) is 28.6 Å². The summed E-state index contributed by atoms with van der Waals surface area (Å²) in [6.45, 7) is 5.64. The van der Waals surface area contributed by atoms with Crippen LogP contribution in [0.3, 0.4) is 0 Å². The molecule has 0 heterocycles. The van der Waals surface area contributed by atoms with Crippen LogP contribution in [0.5, 0.6) is 0 Å². The lowest BCUT2D eigenvalue weighted by Gasteiger charge is -2.60. The van der Waals surface area contributed by atoms with Crippen LogP contribution in [0, 0.1) is 28.6 Å². The summed E-state index contributed by atoms with van der Waals surface area (Å²) in [4.78, 5) is 29.1. The fraction of sp³-hybridized carbons (Fsp3) is 0.704. The maximum atomic E-state index is 13.6. The molecular formula is C27H38ClN3O4S. The molecule has 5 fully saturated rings. The van der Waals surface area contributed by atoms with E-state index in [1.165, 1.54) is 6.07 Å². The number of hydrogen-bond acceptors (Lipinski definition) is 4. The molecule has 6 rings (SSSR count). The molecule has 0 spiro atoms. The summed E-state index contributed by atoms with van der Waals surface area (Å²) in [6.07, 6.45) is 7.07. The van der Waals surface area contributed by atoms with Crippen LogP contribution in [-0.2, 0) is 19.6 Å². The molecule has 2 atom stereocenters. The summed E-state index contributed by atoms with van der Waals surface area (Å²) in [5.74, 6) is 1.46. The first-order valence-electron chi connectivity index (χ1n) is 13.5. The number of sulfonamides is 1. The Morgan fingerprint density at radius 1 is 1.06 bits per heavy atom. The predicted molar refractivity (Wildman–Crippen MR) is 139 cm³/mol. The Bertz CT molecular complexity index is 1120. The lowest BCUT2D eigenvalue weighted by Crippen LogP contribution is -2.64. The molecule has 1 aromatic rings. The van der Waals surface area contributed by atoms with Gasteiger partial charge >= 0.3 is 0 Å². The van der Waals surface area contributed by atoms with Crippen LogP contribution < -0.4 is 10.0 Å². The standard InChI is InChI=1S/C27H38ClN3O4S/c1-3-31(4-2)25(33)27-14-18-12-19(15-27)23(20(13-18)16-27)30-24(32)26(10-7-11-26)17-29-36(34,35)22-9-6-5-8-21(22)28/h5-6,8-9,18-20,23,29H,3-4,7,10-17H2,1-2H3,(H,30,32). The molecule has 4 bridgehead atoms. The average Bonchev–Trinajstić information content (AvgIpc) is 2.81. The Morgan fingerprint density at radius 3 is 2.25 bits per heavy atom. The summed E-state index contributed by atoms with van der Waals surface area (Å²) < 4.78 is 28.5. The second-order valence-electron chi connectivity index (χ2n) is 11.6. The molecule has 5 aliphatic rings. The summed E-state index contributed by atoms with van der Waals surface area (Å²) in [5, 5.41) is 3.55. The Balaban J connectivity index is 1.27. The van der Waals surface area contributed by atoms with Gasteiger partial charge in [0, 0.05) is 25.7 Å². The van der Waals surface area contributed by atoms with E-state index in [4.69, 9.17) is 11.6 Å². The van der Waals surface area contributed by atoms with Gasteiger partial charge in [0.05, 0.1) is 15.9 Å². The van der Waals surface area contributed by atoms with Crippen LogP contribution in [0.2, 0.25) is 5.02 Å². The highest BCUT2D eigenvalue weighted by Gasteiger charge is 2.60. The number of nitrogens with zero attached hydrogens (tertiary/aromatic N) is 1. The Morgan fingerprint density at radius 2 is 1.69 bits per heavy atom. The number of carbonyl (C=O) groups is 2. The van der Waals surface area contributed by atoms with E-state index >= 15 is 0 Å². The molecule has 5 saturated carbocycles. The Hall–Kier alpha value is -1.64. The smallest absolute Gasteiger partial charge is 0.242 e. The number of carbonyl (C=O) groups excluding carboxylic acids is 2. The predicted octanol–water partition coefficient (Wildman–Crippen LogP) is 3.97. The van der Waals surface area contributed by atoms with Gasteiger partial charge in [-0.15, -0.1) is 0 Å². The second-order valence-corrected chi connectivity index (χ2v) is 13.8. The molecule has 2 N–H and O–H groups in total. The van der Waals surface area contributed by atoms with Crippen molar-refractivity contribution in [1.82, 2.24) is 14.9 Å². The molecule has 9 heteroatoms. The van der Waals surface area contributed by atoms with Crippen LogP contribution in [0.25, 0.3) is 0 Å². The maximum absolute atomic E-state index is 13.6. The maximum Gasteiger partial charge on any atom is 0.242 e. The number of rotatable bonds is 9. The van der Waals surface area contributed by atoms with Gasteiger partial charge in [0.1, 0.15) is 4.90 Å². The van der Waals surface area contributed by atoms with Crippen LogP contribution in [-0.4, -0.2) is 50.8 Å². The number of hydrogen-bond donors (Lipinski definition) is 2. The molecule has 36 heavy (non-hydrogen) atoms. The van der Waals surface area contributed by atoms with Gasteiger partial charge in [0.2, 0.25) is 21.8 Å². The number of halogens is 1. The van der Waals surface area contributed by atoms with Gasteiger partial charge in [-0.3, -0.25) is 9.59 Å². The molecular weight excluding hydrogens is 498 g/mol. The summed E-state index contributed by atoms with van der Waals surface area (Å²) in [5.41, 5.74) is -0.986. The van der Waals surface area contributed by atoms with E-state index in [9.17, 15) is 18.0 Å². The molecule has 0 aliphatic heterocycles. The molecule has 7 nitrogen and oxygen atoms in total. The third kappa shape index (κ3) is 4.37. The zero-order valence-electron chi connectivity index (χ0n) is 21.3. The Kier molecular flexibility index (Phi) is 6.92. The zero-order chi connectivity index (χ0) is 25.7. The van der Waals surface area contributed by atoms with Gasteiger partial charge in [0.15, 0.2) is 0 Å². The number of amides is 2. The molecule has 0 saturated heterocycles. The minimum atomic E-state index is -3.82. The molecule has 1 aromatic carbocycles. The topological polar surface area (TPSA) is 95.6 Å². The lowest BCUT2D eigenvalue weighted by molar-refractivity contribution is -0.162. The molecule has 0 radical (unpaired) electrons. The van der Waals surface area contributed by atoms with Crippen molar-refractivity contribution >= 4 is 33.4 Å². The highest BCUT2D eigenvalue weighted by Crippen LogP contribution is 2.61. The van der Waals surface area contributed by atoms with Gasteiger partial charge in [-0.25, -0.2) is 13.1 Å². The van der Waals surface area contributed by atoms with Crippen LogP contribution in [0.4, 0.5) is 0 Å². The van der Waals surface area contributed by atoms with Gasteiger partial charge in [-0.05, 0) is 88.7 Å². The number of benzene rings is 1. The quantitative estimate of drug-likeness (QED) is 0.500. The van der Waals surface area contributed by atoms with Crippen molar-refractivity contribution in [2.45, 2.75) is 76.2 Å². The summed E-state index contributed by atoms with van der Waals surface area (Å²) in [7, 11) is -3.82. The van der Waals surface area contributed by atoms with Crippen LogP contribution in [0.15, 0.2) is 29.2 Å². The van der Waals surface area contributed by atoms with E-state index in [1.807, 2.05) is 18.7 Å². The van der Waals surface area contributed by atoms with Gasteiger partial charge in [-0.1, -0.05) is 30.2 Å². The minimum Gasteiger partial charge on any atom is -0.352 e. The van der Waals surface area contributed by atoms with Crippen molar-refractivity contribution in [3.05, 3.63) is 29.3 Å². The highest BCUT2D eigenvalue weighted by molar-refractivity contribution is 7.89. The van der Waals surface area contributed by atoms with E-state index in [2.05, 4.69) is 10.0 Å². The van der Waals surface area contributed by atoms with Crippen molar-refractivity contribution in [3.63, 3.8) is 0 Å². The molecule has 198 valence electrons. The average molecular weight is 536 g/mol.